The number of sulfonamides is 1. The smallest absolute Gasteiger partial charge is 0.211 e. The van der Waals surface area contributed by atoms with Crippen LogP contribution in [0, 0.1) is 5.92 Å². The summed E-state index contributed by atoms with van der Waals surface area (Å²) in [5, 5.41) is 1.29. The maximum absolute atomic E-state index is 11.9. The summed E-state index contributed by atoms with van der Waals surface area (Å²) in [5.41, 5.74) is 0. The van der Waals surface area contributed by atoms with Gasteiger partial charge in [-0.3, -0.25) is 0 Å². The van der Waals surface area contributed by atoms with Crippen molar-refractivity contribution in [3.05, 3.63) is 29.3 Å². The maximum Gasteiger partial charge on any atom is 0.240 e. The van der Waals surface area contributed by atoms with Gasteiger partial charge >= 0.3 is 0 Å². The topological polar surface area (TPSA) is 46.2 Å². The molecule has 17 heavy (non-hydrogen) atoms. The Hall–Kier alpha value is -0.100. The van der Waals surface area contributed by atoms with E-state index in [-0.39, 0.29) is 4.90 Å². The monoisotopic (exact) mass is 339 g/mol. The van der Waals surface area contributed by atoms with Crippen molar-refractivity contribution in [2.24, 2.45) is 5.92 Å². The highest BCUT2D eigenvalue weighted by molar-refractivity contribution is 9.09. The molecule has 0 radical (unpaired) electrons. The Labute approximate surface area is 116 Å². The van der Waals surface area contributed by atoms with Gasteiger partial charge in [0, 0.05) is 16.9 Å². The number of hydrogen-bond acceptors (Lipinski definition) is 2. The third kappa shape index (κ3) is 4.95. The van der Waals surface area contributed by atoms with Crippen LogP contribution in [0.1, 0.15) is 13.3 Å². The van der Waals surface area contributed by atoms with E-state index in [0.29, 0.717) is 17.5 Å². The standard InChI is InChI=1S/C11H15BrClNO2S/c1-9(5-6-12)8-14-17(15,16)11-4-2-3-10(13)7-11/h2-4,7,9,14H,5-6,8H2,1H3. The summed E-state index contributed by atoms with van der Waals surface area (Å²) in [4.78, 5) is 0.205. The largest absolute Gasteiger partial charge is 0.240 e. The van der Waals surface area contributed by atoms with Gasteiger partial charge in [0.15, 0.2) is 0 Å². The molecule has 1 rings (SSSR count). The van der Waals surface area contributed by atoms with Gasteiger partial charge in [-0.25, -0.2) is 13.1 Å². The molecular formula is C11H15BrClNO2S. The number of benzene rings is 1. The summed E-state index contributed by atoms with van der Waals surface area (Å²) in [6, 6.07) is 6.25. The molecule has 0 aromatic heterocycles. The molecule has 1 atom stereocenters. The number of rotatable bonds is 6. The first-order chi connectivity index (χ1) is 7.95. The van der Waals surface area contributed by atoms with Crippen molar-refractivity contribution in [2.45, 2.75) is 18.2 Å². The summed E-state index contributed by atoms with van der Waals surface area (Å²) in [6.07, 6.45) is 0.929. The lowest BCUT2D eigenvalue weighted by Gasteiger charge is -2.11. The van der Waals surface area contributed by atoms with Gasteiger partial charge in [0.2, 0.25) is 10.0 Å². The van der Waals surface area contributed by atoms with E-state index in [1.807, 2.05) is 6.92 Å². The summed E-state index contributed by atoms with van der Waals surface area (Å²) in [7, 11) is -3.45. The molecule has 0 fully saturated rings. The highest BCUT2D eigenvalue weighted by atomic mass is 79.9. The van der Waals surface area contributed by atoms with E-state index in [2.05, 4.69) is 20.7 Å². The second kappa shape index (κ2) is 6.73. The zero-order valence-corrected chi connectivity index (χ0v) is 12.6. The van der Waals surface area contributed by atoms with Crippen molar-refractivity contribution in [1.82, 2.24) is 4.72 Å². The maximum atomic E-state index is 11.9. The molecule has 0 heterocycles. The molecule has 0 aliphatic heterocycles. The average Bonchev–Trinajstić information content (AvgIpc) is 2.27. The van der Waals surface area contributed by atoms with Crippen LogP contribution in [0.4, 0.5) is 0 Å². The van der Waals surface area contributed by atoms with E-state index in [0.717, 1.165) is 11.8 Å². The summed E-state index contributed by atoms with van der Waals surface area (Å²) in [6.45, 7) is 2.43. The predicted octanol–water partition coefficient (Wildman–Crippen LogP) is 3.04. The van der Waals surface area contributed by atoms with Crippen molar-refractivity contribution >= 4 is 37.6 Å². The molecular weight excluding hydrogens is 326 g/mol. The highest BCUT2D eigenvalue weighted by Gasteiger charge is 2.15. The molecule has 0 aliphatic rings. The van der Waals surface area contributed by atoms with Crippen LogP contribution in [0.5, 0.6) is 0 Å². The van der Waals surface area contributed by atoms with Crippen LogP contribution < -0.4 is 4.72 Å². The van der Waals surface area contributed by atoms with Crippen molar-refractivity contribution in [3.63, 3.8) is 0 Å². The van der Waals surface area contributed by atoms with Gasteiger partial charge in [-0.05, 0) is 30.5 Å². The molecule has 0 saturated heterocycles. The molecule has 3 nitrogen and oxygen atoms in total. The lowest BCUT2D eigenvalue weighted by molar-refractivity contribution is 0.532. The van der Waals surface area contributed by atoms with E-state index in [1.54, 1.807) is 12.1 Å². The van der Waals surface area contributed by atoms with E-state index in [9.17, 15) is 8.42 Å². The van der Waals surface area contributed by atoms with Crippen LogP contribution in [0.15, 0.2) is 29.2 Å². The van der Waals surface area contributed by atoms with Gasteiger partial charge in [-0.15, -0.1) is 0 Å². The number of halogens is 2. The Balaban J connectivity index is 2.69. The predicted molar refractivity (Wildman–Crippen MR) is 74.2 cm³/mol. The molecule has 0 bridgehead atoms. The van der Waals surface area contributed by atoms with Gasteiger partial charge in [0.05, 0.1) is 4.90 Å². The lowest BCUT2D eigenvalue weighted by atomic mass is 10.1. The van der Waals surface area contributed by atoms with Crippen LogP contribution in [-0.2, 0) is 10.0 Å². The lowest BCUT2D eigenvalue weighted by Crippen LogP contribution is -2.28. The number of nitrogens with one attached hydrogen (secondary N) is 1. The van der Waals surface area contributed by atoms with E-state index >= 15 is 0 Å². The number of alkyl halides is 1. The summed E-state index contributed by atoms with van der Waals surface area (Å²) < 4.78 is 26.4. The summed E-state index contributed by atoms with van der Waals surface area (Å²) in [5.74, 6) is 0.295. The van der Waals surface area contributed by atoms with Crippen molar-refractivity contribution < 1.29 is 8.42 Å². The molecule has 1 aromatic carbocycles. The normalized spacial score (nSPS) is 13.6. The SMILES string of the molecule is CC(CCBr)CNS(=O)(=O)c1cccc(Cl)c1. The average molecular weight is 341 g/mol. The molecule has 1 unspecified atom stereocenters. The Morgan fingerprint density at radius 1 is 1.47 bits per heavy atom. The Bertz CT molecular complexity index is 464. The number of hydrogen-bond donors (Lipinski definition) is 1. The zero-order valence-electron chi connectivity index (χ0n) is 9.49. The van der Waals surface area contributed by atoms with E-state index in [4.69, 9.17) is 11.6 Å². The third-order valence-corrected chi connectivity index (χ3v) is 4.44. The minimum Gasteiger partial charge on any atom is -0.211 e. The molecule has 96 valence electrons. The van der Waals surface area contributed by atoms with Gasteiger partial charge < -0.3 is 0 Å². The van der Waals surface area contributed by atoms with E-state index < -0.39 is 10.0 Å². The Kier molecular flexibility index (Phi) is 5.92. The second-order valence-corrected chi connectivity index (χ2v) is 6.89. The van der Waals surface area contributed by atoms with Crippen LogP contribution in [0.2, 0.25) is 5.02 Å². The minimum absolute atomic E-state index is 0.205. The highest BCUT2D eigenvalue weighted by Crippen LogP contribution is 2.15. The van der Waals surface area contributed by atoms with Gasteiger partial charge in [0.25, 0.3) is 0 Å². The van der Waals surface area contributed by atoms with Gasteiger partial charge in [-0.1, -0.05) is 40.5 Å². The second-order valence-electron chi connectivity index (χ2n) is 3.89. The fourth-order valence-electron chi connectivity index (χ4n) is 1.26. The molecule has 0 aliphatic carbocycles. The van der Waals surface area contributed by atoms with Crippen LogP contribution in [0.25, 0.3) is 0 Å². The first-order valence-corrected chi connectivity index (χ1v) is 8.25. The van der Waals surface area contributed by atoms with E-state index in [1.165, 1.54) is 12.1 Å². The van der Waals surface area contributed by atoms with Crippen molar-refractivity contribution in [1.29, 1.82) is 0 Å². The van der Waals surface area contributed by atoms with Gasteiger partial charge in [0.1, 0.15) is 0 Å². The Morgan fingerprint density at radius 2 is 2.18 bits per heavy atom. The summed E-state index contributed by atoms with van der Waals surface area (Å²) >= 11 is 9.10. The quantitative estimate of drug-likeness (QED) is 0.809. The minimum atomic E-state index is -3.45. The molecule has 0 spiro atoms. The Morgan fingerprint density at radius 3 is 2.76 bits per heavy atom. The third-order valence-electron chi connectivity index (χ3n) is 2.33. The first-order valence-electron chi connectivity index (χ1n) is 5.27. The first kappa shape index (κ1) is 15.0. The van der Waals surface area contributed by atoms with Crippen LogP contribution >= 0.6 is 27.5 Å². The van der Waals surface area contributed by atoms with Crippen LogP contribution in [-0.4, -0.2) is 20.3 Å². The molecule has 0 saturated carbocycles. The molecule has 1 aromatic rings. The van der Waals surface area contributed by atoms with Crippen LogP contribution in [0.3, 0.4) is 0 Å². The van der Waals surface area contributed by atoms with Gasteiger partial charge in [-0.2, -0.15) is 0 Å². The van der Waals surface area contributed by atoms with Crippen molar-refractivity contribution in [2.75, 3.05) is 11.9 Å². The molecule has 0 amide bonds. The fraction of sp³-hybridized carbons (Fsp3) is 0.455. The molecule has 6 heteroatoms. The molecule has 1 N–H and O–H groups in total. The van der Waals surface area contributed by atoms with Crippen molar-refractivity contribution in [3.8, 4) is 0 Å². The zero-order chi connectivity index (χ0) is 12.9. The fourth-order valence-corrected chi connectivity index (χ4v) is 3.50.